The molecule has 0 fully saturated rings. The molecule has 0 saturated heterocycles. The Morgan fingerprint density at radius 1 is 1.16 bits per heavy atom. The summed E-state index contributed by atoms with van der Waals surface area (Å²) in [6.07, 6.45) is 1.90. The lowest BCUT2D eigenvalue weighted by molar-refractivity contribution is 0.380. The standard InChI is InChI=1S/C18H16N4OS2/c1-12(17-20-16(21-23-17)15-9-6-10-24-15)25-18-19-11-14(22(18)2)13-7-4-3-5-8-13/h3-12H,1-2H3/t12-/m0/s1. The molecule has 126 valence electrons. The van der Waals surface area contributed by atoms with Gasteiger partial charge in [0, 0.05) is 7.05 Å². The van der Waals surface area contributed by atoms with Gasteiger partial charge in [0.2, 0.25) is 11.7 Å². The van der Waals surface area contributed by atoms with Crippen molar-refractivity contribution in [3.63, 3.8) is 0 Å². The molecule has 4 rings (SSSR count). The van der Waals surface area contributed by atoms with Crippen LogP contribution in [0.4, 0.5) is 0 Å². The van der Waals surface area contributed by atoms with Crippen LogP contribution in [0.15, 0.2) is 63.7 Å². The summed E-state index contributed by atoms with van der Waals surface area (Å²) in [6.45, 7) is 2.05. The zero-order valence-corrected chi connectivity index (χ0v) is 15.4. The molecule has 0 aliphatic heterocycles. The van der Waals surface area contributed by atoms with E-state index < -0.39 is 0 Å². The molecule has 0 radical (unpaired) electrons. The minimum absolute atomic E-state index is 0.0194. The maximum atomic E-state index is 5.44. The average molecular weight is 368 g/mol. The predicted molar refractivity (Wildman–Crippen MR) is 101 cm³/mol. The van der Waals surface area contributed by atoms with Crippen LogP contribution in [-0.2, 0) is 7.05 Å². The van der Waals surface area contributed by atoms with Crippen molar-refractivity contribution >= 4 is 23.1 Å². The zero-order valence-electron chi connectivity index (χ0n) is 13.8. The number of rotatable bonds is 5. The van der Waals surface area contributed by atoms with Gasteiger partial charge in [-0.2, -0.15) is 4.98 Å². The molecule has 0 spiro atoms. The first-order valence-corrected chi connectivity index (χ1v) is 9.59. The molecule has 1 aromatic carbocycles. The van der Waals surface area contributed by atoms with Crippen molar-refractivity contribution in [3.8, 4) is 22.0 Å². The lowest BCUT2D eigenvalue weighted by Crippen LogP contribution is -1.97. The summed E-state index contributed by atoms with van der Waals surface area (Å²) in [5, 5.41) is 7.02. The van der Waals surface area contributed by atoms with Gasteiger partial charge in [-0.15, -0.1) is 11.3 Å². The minimum Gasteiger partial charge on any atom is -0.338 e. The zero-order chi connectivity index (χ0) is 17.2. The summed E-state index contributed by atoms with van der Waals surface area (Å²) in [5.74, 6) is 1.25. The number of thiophene rings is 1. The summed E-state index contributed by atoms with van der Waals surface area (Å²) >= 11 is 3.21. The van der Waals surface area contributed by atoms with E-state index in [0.29, 0.717) is 11.7 Å². The largest absolute Gasteiger partial charge is 0.338 e. The number of imidazole rings is 1. The van der Waals surface area contributed by atoms with E-state index in [4.69, 9.17) is 4.52 Å². The van der Waals surface area contributed by atoms with Crippen LogP contribution in [0.25, 0.3) is 22.0 Å². The summed E-state index contributed by atoms with van der Waals surface area (Å²) in [4.78, 5) is 10.1. The predicted octanol–water partition coefficient (Wildman–Crippen LogP) is 5.05. The average Bonchev–Trinajstić information content (AvgIpc) is 3.37. The molecule has 3 heterocycles. The Morgan fingerprint density at radius 2 is 2.00 bits per heavy atom. The number of aromatic nitrogens is 4. The summed E-state index contributed by atoms with van der Waals surface area (Å²) in [5.41, 5.74) is 2.23. The first kappa shape index (κ1) is 16.1. The molecule has 0 saturated carbocycles. The van der Waals surface area contributed by atoms with E-state index in [9.17, 15) is 0 Å². The Morgan fingerprint density at radius 3 is 2.76 bits per heavy atom. The van der Waals surface area contributed by atoms with Crippen molar-refractivity contribution in [2.75, 3.05) is 0 Å². The second kappa shape index (κ2) is 6.85. The summed E-state index contributed by atoms with van der Waals surface area (Å²) < 4.78 is 7.53. The van der Waals surface area contributed by atoms with Gasteiger partial charge >= 0.3 is 0 Å². The highest BCUT2D eigenvalue weighted by Gasteiger charge is 2.19. The van der Waals surface area contributed by atoms with Gasteiger partial charge in [-0.3, -0.25) is 0 Å². The Hall–Kier alpha value is -2.38. The number of nitrogens with zero attached hydrogens (tertiary/aromatic N) is 4. The third-order valence-corrected chi connectivity index (χ3v) is 5.84. The van der Waals surface area contributed by atoms with Gasteiger partial charge in [0.15, 0.2) is 5.16 Å². The van der Waals surface area contributed by atoms with E-state index in [1.807, 2.05) is 55.9 Å². The number of thioether (sulfide) groups is 1. The van der Waals surface area contributed by atoms with Crippen LogP contribution in [0.2, 0.25) is 0 Å². The van der Waals surface area contributed by atoms with E-state index in [2.05, 4.69) is 31.8 Å². The van der Waals surface area contributed by atoms with E-state index in [1.165, 1.54) is 0 Å². The van der Waals surface area contributed by atoms with Crippen LogP contribution < -0.4 is 0 Å². The van der Waals surface area contributed by atoms with Crippen molar-refractivity contribution in [1.29, 1.82) is 0 Å². The van der Waals surface area contributed by atoms with Gasteiger partial charge in [-0.25, -0.2) is 4.98 Å². The Labute approximate surface area is 153 Å². The first-order valence-electron chi connectivity index (χ1n) is 7.83. The lowest BCUT2D eigenvalue weighted by Gasteiger charge is -2.08. The molecule has 4 aromatic rings. The second-order valence-electron chi connectivity index (χ2n) is 5.54. The van der Waals surface area contributed by atoms with Crippen molar-refractivity contribution in [2.45, 2.75) is 17.3 Å². The maximum absolute atomic E-state index is 5.44. The normalized spacial score (nSPS) is 12.4. The number of hydrogen-bond donors (Lipinski definition) is 0. The SMILES string of the molecule is C[C@H](Sc1ncc(-c2ccccc2)n1C)c1nc(-c2cccs2)no1. The third-order valence-electron chi connectivity index (χ3n) is 3.83. The molecule has 0 unspecified atom stereocenters. The Balaban J connectivity index is 1.54. The number of benzene rings is 1. The van der Waals surface area contributed by atoms with Crippen molar-refractivity contribution in [1.82, 2.24) is 19.7 Å². The third kappa shape index (κ3) is 3.25. The quantitative estimate of drug-likeness (QED) is 0.461. The van der Waals surface area contributed by atoms with E-state index >= 15 is 0 Å². The lowest BCUT2D eigenvalue weighted by atomic mass is 10.2. The molecule has 7 heteroatoms. The van der Waals surface area contributed by atoms with Crippen LogP contribution in [0.5, 0.6) is 0 Å². The van der Waals surface area contributed by atoms with Crippen LogP contribution >= 0.6 is 23.1 Å². The topological polar surface area (TPSA) is 56.7 Å². The van der Waals surface area contributed by atoms with E-state index in [-0.39, 0.29) is 5.25 Å². The minimum atomic E-state index is 0.0194. The van der Waals surface area contributed by atoms with E-state index in [1.54, 1.807) is 23.1 Å². The van der Waals surface area contributed by atoms with Gasteiger partial charge in [-0.05, 0) is 23.9 Å². The number of hydrogen-bond acceptors (Lipinski definition) is 6. The second-order valence-corrected chi connectivity index (χ2v) is 7.80. The smallest absolute Gasteiger partial charge is 0.240 e. The molecule has 1 atom stereocenters. The maximum Gasteiger partial charge on any atom is 0.240 e. The highest BCUT2D eigenvalue weighted by Crippen LogP contribution is 2.35. The summed E-state index contributed by atoms with van der Waals surface area (Å²) in [7, 11) is 2.02. The van der Waals surface area contributed by atoms with Crippen molar-refractivity contribution in [2.24, 2.45) is 7.05 Å². The molecule has 0 bridgehead atoms. The molecule has 0 aliphatic carbocycles. The molecular formula is C18H16N4OS2. The first-order chi connectivity index (χ1) is 12.2. The molecule has 0 amide bonds. The van der Waals surface area contributed by atoms with Crippen LogP contribution in [0.1, 0.15) is 18.1 Å². The van der Waals surface area contributed by atoms with Gasteiger partial charge in [0.1, 0.15) is 0 Å². The van der Waals surface area contributed by atoms with E-state index in [0.717, 1.165) is 21.3 Å². The Bertz CT molecular complexity index is 960. The van der Waals surface area contributed by atoms with Gasteiger partial charge in [-0.1, -0.05) is 53.3 Å². The molecule has 0 N–H and O–H groups in total. The highest BCUT2D eigenvalue weighted by atomic mass is 32.2. The van der Waals surface area contributed by atoms with Crippen LogP contribution in [0, 0.1) is 0 Å². The van der Waals surface area contributed by atoms with Crippen LogP contribution in [-0.4, -0.2) is 19.7 Å². The molecular weight excluding hydrogens is 352 g/mol. The monoisotopic (exact) mass is 368 g/mol. The molecule has 25 heavy (non-hydrogen) atoms. The Kier molecular flexibility index (Phi) is 4.42. The fourth-order valence-corrected chi connectivity index (χ4v) is 4.03. The highest BCUT2D eigenvalue weighted by molar-refractivity contribution is 7.99. The van der Waals surface area contributed by atoms with Crippen LogP contribution in [0.3, 0.4) is 0 Å². The fraction of sp³-hybridized carbons (Fsp3) is 0.167. The van der Waals surface area contributed by atoms with Crippen molar-refractivity contribution < 1.29 is 4.52 Å². The molecule has 3 aromatic heterocycles. The fourth-order valence-electron chi connectivity index (χ4n) is 2.49. The van der Waals surface area contributed by atoms with Crippen molar-refractivity contribution in [3.05, 3.63) is 59.9 Å². The summed E-state index contributed by atoms with van der Waals surface area (Å²) in [6, 6.07) is 14.2. The van der Waals surface area contributed by atoms with Gasteiger partial charge in [0.05, 0.1) is 22.0 Å². The van der Waals surface area contributed by atoms with Gasteiger partial charge < -0.3 is 9.09 Å². The van der Waals surface area contributed by atoms with Gasteiger partial charge in [0.25, 0.3) is 0 Å². The molecule has 0 aliphatic rings. The molecule has 5 nitrogen and oxygen atoms in total.